The molecule has 0 bridgehead atoms. The lowest BCUT2D eigenvalue weighted by molar-refractivity contribution is 0.102. The highest BCUT2D eigenvalue weighted by Crippen LogP contribution is 2.27. The van der Waals surface area contributed by atoms with Crippen LogP contribution in [0.5, 0.6) is 0 Å². The van der Waals surface area contributed by atoms with Crippen LogP contribution in [0, 0.1) is 5.82 Å². The molecule has 8 heteroatoms. The fourth-order valence-corrected chi connectivity index (χ4v) is 4.37. The minimum absolute atomic E-state index is 0.184. The number of amides is 1. The van der Waals surface area contributed by atoms with Crippen LogP contribution in [0.4, 0.5) is 38.5 Å². The van der Waals surface area contributed by atoms with Gasteiger partial charge in [0.25, 0.3) is 5.91 Å². The number of piperidine rings is 1. The SMILES string of the molecule is Cn1ccc(C(=O)Nc2ccc(Nc3ccc(Nc4ccc(N5CCC(O)CC5)cc4)cc3F)cc2)c1. The maximum absolute atomic E-state index is 14.8. The molecule has 0 saturated carbocycles. The number of carbonyl (C=O) groups is 1. The van der Waals surface area contributed by atoms with Crippen LogP contribution in [0.15, 0.2) is 85.2 Å². The molecule has 0 atom stereocenters. The molecule has 1 aliphatic rings. The van der Waals surface area contributed by atoms with Crippen LogP contribution in [0.1, 0.15) is 23.2 Å². The summed E-state index contributed by atoms with van der Waals surface area (Å²) < 4.78 is 16.6. The van der Waals surface area contributed by atoms with Gasteiger partial charge in [0.1, 0.15) is 5.82 Å². The number of aryl methyl sites for hydroxylation is 1. The van der Waals surface area contributed by atoms with Crippen molar-refractivity contribution in [1.29, 1.82) is 0 Å². The monoisotopic (exact) mass is 499 g/mol. The van der Waals surface area contributed by atoms with Crippen LogP contribution >= 0.6 is 0 Å². The number of aromatic nitrogens is 1. The standard InChI is InChI=1S/C29H30FN5O2/c1-34-15-12-20(19-34)29(37)33-23-4-2-22(3-5-23)32-28-11-8-24(18-27(28)30)31-21-6-9-25(10-7-21)35-16-13-26(36)14-17-35/h2-12,15,18-19,26,31-32,36H,13-14,16-17H2,1H3,(H,33,37). The van der Waals surface area contributed by atoms with Crippen molar-refractivity contribution in [3.63, 3.8) is 0 Å². The smallest absolute Gasteiger partial charge is 0.257 e. The van der Waals surface area contributed by atoms with Gasteiger partial charge < -0.3 is 30.5 Å². The van der Waals surface area contributed by atoms with Gasteiger partial charge in [0, 0.05) is 61.0 Å². The molecule has 7 nitrogen and oxygen atoms in total. The summed E-state index contributed by atoms with van der Waals surface area (Å²) in [6, 6.07) is 21.9. The summed E-state index contributed by atoms with van der Waals surface area (Å²) >= 11 is 0. The van der Waals surface area contributed by atoms with Gasteiger partial charge in [0.05, 0.1) is 17.4 Å². The van der Waals surface area contributed by atoms with Crippen molar-refractivity contribution in [1.82, 2.24) is 4.57 Å². The Kier molecular flexibility index (Phi) is 7.09. The van der Waals surface area contributed by atoms with Crippen LogP contribution in [-0.4, -0.2) is 34.8 Å². The molecule has 0 aliphatic carbocycles. The largest absolute Gasteiger partial charge is 0.393 e. The highest BCUT2D eigenvalue weighted by molar-refractivity contribution is 6.04. The van der Waals surface area contributed by atoms with Gasteiger partial charge in [-0.25, -0.2) is 4.39 Å². The highest BCUT2D eigenvalue weighted by atomic mass is 19.1. The third-order valence-corrected chi connectivity index (χ3v) is 6.47. The molecule has 190 valence electrons. The number of aliphatic hydroxyl groups is 1. The number of nitrogens with zero attached hydrogens (tertiary/aromatic N) is 2. The first-order valence-corrected chi connectivity index (χ1v) is 12.3. The van der Waals surface area contributed by atoms with Gasteiger partial charge in [0.2, 0.25) is 0 Å². The Bertz CT molecular complexity index is 1360. The molecule has 3 aromatic carbocycles. The van der Waals surface area contributed by atoms with Crippen LogP contribution in [0.3, 0.4) is 0 Å². The Balaban J connectivity index is 1.17. The summed E-state index contributed by atoms with van der Waals surface area (Å²) in [4.78, 5) is 14.6. The van der Waals surface area contributed by atoms with Crippen LogP contribution in [0.25, 0.3) is 0 Å². The maximum atomic E-state index is 14.8. The molecule has 0 unspecified atom stereocenters. The first-order valence-electron chi connectivity index (χ1n) is 12.3. The normalized spacial score (nSPS) is 13.9. The van der Waals surface area contributed by atoms with Crippen molar-refractivity contribution in [2.75, 3.05) is 33.9 Å². The van der Waals surface area contributed by atoms with E-state index in [0.717, 1.165) is 37.3 Å². The lowest BCUT2D eigenvalue weighted by Crippen LogP contribution is -2.35. The van der Waals surface area contributed by atoms with E-state index < -0.39 is 0 Å². The van der Waals surface area contributed by atoms with Crippen LogP contribution < -0.4 is 20.9 Å². The zero-order valence-corrected chi connectivity index (χ0v) is 20.6. The summed E-state index contributed by atoms with van der Waals surface area (Å²) in [6.07, 6.45) is 4.95. The number of hydrogen-bond donors (Lipinski definition) is 4. The van der Waals surface area contributed by atoms with Crippen molar-refractivity contribution < 1.29 is 14.3 Å². The molecule has 4 aromatic rings. The number of carbonyl (C=O) groups excluding carboxylic acids is 1. The van der Waals surface area contributed by atoms with Gasteiger partial charge in [-0.3, -0.25) is 4.79 Å². The second-order valence-electron chi connectivity index (χ2n) is 9.31. The average molecular weight is 500 g/mol. The molecule has 37 heavy (non-hydrogen) atoms. The molecular formula is C29H30FN5O2. The Morgan fingerprint density at radius 1 is 0.865 bits per heavy atom. The molecule has 2 heterocycles. The lowest BCUT2D eigenvalue weighted by atomic mass is 10.1. The second-order valence-corrected chi connectivity index (χ2v) is 9.31. The van der Waals surface area contributed by atoms with Crippen molar-refractivity contribution in [3.05, 3.63) is 96.6 Å². The first kappa shape index (κ1) is 24.4. The molecule has 1 fully saturated rings. The predicted molar refractivity (Wildman–Crippen MR) is 147 cm³/mol. The van der Waals surface area contributed by atoms with Crippen LogP contribution in [0.2, 0.25) is 0 Å². The number of hydrogen-bond acceptors (Lipinski definition) is 5. The topological polar surface area (TPSA) is 81.6 Å². The van der Waals surface area contributed by atoms with Crippen LogP contribution in [-0.2, 0) is 7.05 Å². The Morgan fingerprint density at radius 2 is 1.49 bits per heavy atom. The maximum Gasteiger partial charge on any atom is 0.257 e. The highest BCUT2D eigenvalue weighted by Gasteiger charge is 2.17. The Morgan fingerprint density at radius 3 is 2.14 bits per heavy atom. The third-order valence-electron chi connectivity index (χ3n) is 6.47. The van der Waals surface area contributed by atoms with Crippen molar-refractivity contribution in [2.24, 2.45) is 7.05 Å². The lowest BCUT2D eigenvalue weighted by Gasteiger charge is -2.31. The van der Waals surface area contributed by atoms with E-state index in [1.807, 2.05) is 48.1 Å². The summed E-state index contributed by atoms with van der Waals surface area (Å²) in [7, 11) is 1.86. The summed E-state index contributed by atoms with van der Waals surface area (Å²) in [6.45, 7) is 1.69. The van der Waals surface area contributed by atoms with E-state index in [1.54, 1.807) is 42.6 Å². The predicted octanol–water partition coefficient (Wildman–Crippen LogP) is 5.86. The fourth-order valence-electron chi connectivity index (χ4n) is 4.37. The van der Waals surface area contributed by atoms with E-state index in [4.69, 9.17) is 0 Å². The molecular weight excluding hydrogens is 469 g/mol. The summed E-state index contributed by atoms with van der Waals surface area (Å²) in [5.41, 5.74) is 4.94. The van der Waals surface area contributed by atoms with E-state index in [0.29, 0.717) is 28.3 Å². The number of nitrogens with one attached hydrogen (secondary N) is 3. The summed E-state index contributed by atoms with van der Waals surface area (Å²) in [5.74, 6) is -0.564. The number of benzene rings is 3. The minimum atomic E-state index is -0.380. The molecule has 0 spiro atoms. The van der Waals surface area contributed by atoms with E-state index in [2.05, 4.69) is 20.9 Å². The summed E-state index contributed by atoms with van der Waals surface area (Å²) in [5, 5.41) is 18.9. The van der Waals surface area contributed by atoms with Gasteiger partial charge in [-0.1, -0.05) is 0 Å². The average Bonchev–Trinajstić information content (AvgIpc) is 3.34. The van der Waals surface area contributed by atoms with Gasteiger partial charge in [-0.2, -0.15) is 0 Å². The van der Waals surface area contributed by atoms with E-state index in [-0.39, 0.29) is 17.8 Å². The second kappa shape index (κ2) is 10.8. The van der Waals surface area contributed by atoms with Crippen molar-refractivity contribution >= 4 is 40.0 Å². The fraction of sp³-hybridized carbons (Fsp3) is 0.207. The number of anilines is 6. The van der Waals surface area contributed by atoms with Crippen molar-refractivity contribution in [3.8, 4) is 0 Å². The van der Waals surface area contributed by atoms with Gasteiger partial charge in [-0.05, 0) is 85.6 Å². The van der Waals surface area contributed by atoms with E-state index in [9.17, 15) is 14.3 Å². The molecule has 5 rings (SSSR count). The zero-order chi connectivity index (χ0) is 25.8. The number of aliphatic hydroxyl groups excluding tert-OH is 1. The number of rotatable bonds is 7. The van der Waals surface area contributed by atoms with Gasteiger partial charge >= 0.3 is 0 Å². The van der Waals surface area contributed by atoms with Gasteiger partial charge in [-0.15, -0.1) is 0 Å². The minimum Gasteiger partial charge on any atom is -0.393 e. The molecule has 1 saturated heterocycles. The van der Waals surface area contributed by atoms with E-state index >= 15 is 0 Å². The first-order chi connectivity index (χ1) is 17.9. The molecule has 1 aliphatic heterocycles. The Hall–Kier alpha value is -4.30. The molecule has 1 aromatic heterocycles. The Labute approximate surface area is 215 Å². The molecule has 0 radical (unpaired) electrons. The zero-order valence-electron chi connectivity index (χ0n) is 20.6. The quantitative estimate of drug-likeness (QED) is 0.256. The van der Waals surface area contributed by atoms with Gasteiger partial charge in [0.15, 0.2) is 0 Å². The van der Waals surface area contributed by atoms with Crippen molar-refractivity contribution in [2.45, 2.75) is 18.9 Å². The molecule has 4 N–H and O–H groups in total. The number of halogens is 1. The third kappa shape index (κ3) is 6.10. The molecule has 1 amide bonds. The van der Waals surface area contributed by atoms with E-state index in [1.165, 1.54) is 6.07 Å².